The van der Waals surface area contributed by atoms with Crippen LogP contribution in [0.25, 0.3) is 0 Å². The molecule has 3 rings (SSSR count). The number of aromatic nitrogens is 1. The van der Waals surface area contributed by atoms with E-state index in [4.69, 9.17) is 4.74 Å². The largest absolute Gasteiger partial charge is 0.493 e. The summed E-state index contributed by atoms with van der Waals surface area (Å²) in [6.07, 6.45) is 5.54. The number of ether oxygens (including phenoxy) is 1. The van der Waals surface area contributed by atoms with Crippen LogP contribution in [0, 0.1) is 0 Å². The summed E-state index contributed by atoms with van der Waals surface area (Å²) in [5, 5.41) is 0. The Labute approximate surface area is 122 Å². The maximum atomic E-state index is 10.7. The number of rotatable bonds is 4. The lowest BCUT2D eigenvalue weighted by molar-refractivity contribution is 0.412. The van der Waals surface area contributed by atoms with Gasteiger partial charge in [0.15, 0.2) is 5.75 Å². The molecule has 21 heavy (non-hydrogen) atoms. The Hall–Kier alpha value is -2.65. The van der Waals surface area contributed by atoms with Gasteiger partial charge in [0, 0.05) is 24.7 Å². The Morgan fingerprint density at radius 1 is 1.38 bits per heavy atom. The fourth-order valence-corrected chi connectivity index (χ4v) is 2.70. The molecule has 0 saturated heterocycles. The molecular formula is C16H15N3O2. The zero-order valence-corrected chi connectivity index (χ0v) is 11.7. The minimum absolute atomic E-state index is 0.254. The maximum Gasteiger partial charge on any atom is 0.237 e. The first-order valence-electron chi connectivity index (χ1n) is 6.72. The first kappa shape index (κ1) is 13.3. The molecule has 2 heterocycles. The lowest BCUT2D eigenvalue weighted by atomic mass is 10.2. The van der Waals surface area contributed by atoms with Crippen LogP contribution in [-0.2, 0) is 17.8 Å². The molecule has 1 unspecified atom stereocenters. The van der Waals surface area contributed by atoms with Crippen LogP contribution in [0.2, 0.25) is 0 Å². The Morgan fingerprint density at radius 2 is 2.19 bits per heavy atom. The highest BCUT2D eigenvalue weighted by molar-refractivity contribution is 5.67. The SMILES string of the molecule is COc1cncc2c1N(Cc1ccccc1)C(N=C=O)C2. The number of fused-ring (bicyclic) bond motifs is 1. The summed E-state index contributed by atoms with van der Waals surface area (Å²) in [5.74, 6) is 0.701. The van der Waals surface area contributed by atoms with E-state index in [1.807, 2.05) is 30.3 Å². The Kier molecular flexibility index (Phi) is 3.67. The van der Waals surface area contributed by atoms with E-state index in [0.29, 0.717) is 18.7 Å². The van der Waals surface area contributed by atoms with Gasteiger partial charge in [-0.3, -0.25) is 4.98 Å². The number of isocyanates is 1. The van der Waals surface area contributed by atoms with Crippen molar-refractivity contribution in [3.8, 4) is 5.75 Å². The van der Waals surface area contributed by atoms with Gasteiger partial charge in [-0.25, -0.2) is 4.79 Å². The van der Waals surface area contributed by atoms with Gasteiger partial charge in [0.25, 0.3) is 0 Å². The van der Waals surface area contributed by atoms with E-state index < -0.39 is 0 Å². The van der Waals surface area contributed by atoms with Crippen LogP contribution in [0.15, 0.2) is 47.7 Å². The summed E-state index contributed by atoms with van der Waals surface area (Å²) in [4.78, 5) is 20.9. The smallest absolute Gasteiger partial charge is 0.237 e. The quantitative estimate of drug-likeness (QED) is 0.637. The number of pyridine rings is 1. The molecule has 106 valence electrons. The van der Waals surface area contributed by atoms with E-state index in [2.05, 4.69) is 14.9 Å². The van der Waals surface area contributed by atoms with Gasteiger partial charge in [-0.2, -0.15) is 4.99 Å². The predicted molar refractivity (Wildman–Crippen MR) is 79.0 cm³/mol. The minimum atomic E-state index is -0.254. The van der Waals surface area contributed by atoms with Gasteiger partial charge in [0.2, 0.25) is 6.08 Å². The van der Waals surface area contributed by atoms with Crippen molar-refractivity contribution in [2.75, 3.05) is 12.0 Å². The molecule has 0 spiro atoms. The third kappa shape index (κ3) is 2.51. The zero-order valence-electron chi connectivity index (χ0n) is 11.7. The van der Waals surface area contributed by atoms with Crippen molar-refractivity contribution in [2.45, 2.75) is 19.1 Å². The van der Waals surface area contributed by atoms with Crippen LogP contribution < -0.4 is 9.64 Å². The van der Waals surface area contributed by atoms with Crippen molar-refractivity contribution in [3.63, 3.8) is 0 Å². The number of aliphatic imine (C=N–C) groups is 1. The van der Waals surface area contributed by atoms with E-state index in [-0.39, 0.29) is 6.17 Å². The fraction of sp³-hybridized carbons (Fsp3) is 0.250. The molecule has 1 aromatic heterocycles. The van der Waals surface area contributed by atoms with Crippen molar-refractivity contribution >= 4 is 11.8 Å². The molecule has 2 aromatic rings. The molecule has 1 aliphatic rings. The normalized spacial score (nSPS) is 16.2. The van der Waals surface area contributed by atoms with E-state index in [0.717, 1.165) is 16.8 Å². The summed E-state index contributed by atoms with van der Waals surface area (Å²) >= 11 is 0. The number of methoxy groups -OCH3 is 1. The van der Waals surface area contributed by atoms with Crippen molar-refractivity contribution in [3.05, 3.63) is 53.9 Å². The first-order chi connectivity index (χ1) is 10.3. The Balaban J connectivity index is 2.01. The van der Waals surface area contributed by atoms with Gasteiger partial charge >= 0.3 is 0 Å². The van der Waals surface area contributed by atoms with Crippen LogP contribution in [0.5, 0.6) is 5.75 Å². The van der Waals surface area contributed by atoms with Crippen LogP contribution in [0.4, 0.5) is 5.69 Å². The fourth-order valence-electron chi connectivity index (χ4n) is 2.70. The van der Waals surface area contributed by atoms with Crippen molar-refractivity contribution in [1.82, 2.24) is 4.98 Å². The van der Waals surface area contributed by atoms with Gasteiger partial charge < -0.3 is 9.64 Å². The number of anilines is 1. The second kappa shape index (κ2) is 5.77. The van der Waals surface area contributed by atoms with Crippen molar-refractivity contribution in [1.29, 1.82) is 0 Å². The molecule has 0 radical (unpaired) electrons. The molecule has 0 aliphatic carbocycles. The summed E-state index contributed by atoms with van der Waals surface area (Å²) in [5.41, 5.74) is 3.14. The first-order valence-corrected chi connectivity index (χ1v) is 6.72. The maximum absolute atomic E-state index is 10.7. The molecule has 5 nitrogen and oxygen atoms in total. The Morgan fingerprint density at radius 3 is 2.90 bits per heavy atom. The highest BCUT2D eigenvalue weighted by Gasteiger charge is 2.32. The molecule has 1 aliphatic heterocycles. The second-order valence-corrected chi connectivity index (χ2v) is 4.87. The van der Waals surface area contributed by atoms with Gasteiger partial charge in [-0.1, -0.05) is 30.3 Å². The monoisotopic (exact) mass is 281 g/mol. The summed E-state index contributed by atoms with van der Waals surface area (Å²) in [6.45, 7) is 0.657. The number of benzene rings is 1. The standard InChI is InChI=1S/C16H15N3O2/c1-21-14-9-17-8-13-7-15(18-11-20)19(16(13)14)10-12-5-3-2-4-6-12/h2-6,8-9,15H,7,10H2,1H3. The second-order valence-electron chi connectivity index (χ2n) is 4.87. The molecule has 5 heteroatoms. The third-order valence-electron chi connectivity index (χ3n) is 3.63. The zero-order chi connectivity index (χ0) is 14.7. The molecule has 0 bridgehead atoms. The van der Waals surface area contributed by atoms with Crippen LogP contribution in [-0.4, -0.2) is 24.3 Å². The molecule has 1 atom stereocenters. The molecule has 0 amide bonds. The highest BCUT2D eigenvalue weighted by Crippen LogP contribution is 2.40. The lowest BCUT2D eigenvalue weighted by Gasteiger charge is -2.25. The number of hydrogen-bond acceptors (Lipinski definition) is 5. The predicted octanol–water partition coefficient (Wildman–Crippen LogP) is 2.31. The lowest BCUT2D eigenvalue weighted by Crippen LogP contribution is -2.30. The average molecular weight is 281 g/mol. The molecule has 0 saturated carbocycles. The summed E-state index contributed by atoms with van der Waals surface area (Å²) in [6, 6.07) is 10.1. The number of nitrogens with zero attached hydrogens (tertiary/aromatic N) is 3. The number of carbonyl (C=O) groups excluding carboxylic acids is 1. The summed E-state index contributed by atoms with van der Waals surface area (Å²) < 4.78 is 5.41. The topological polar surface area (TPSA) is 54.8 Å². The van der Waals surface area contributed by atoms with Crippen molar-refractivity contribution < 1.29 is 9.53 Å². The van der Waals surface area contributed by atoms with Gasteiger partial charge in [0.05, 0.1) is 19.0 Å². The highest BCUT2D eigenvalue weighted by atomic mass is 16.5. The molecule has 1 aromatic carbocycles. The molecule has 0 N–H and O–H groups in total. The van der Waals surface area contributed by atoms with Crippen LogP contribution in [0.3, 0.4) is 0 Å². The average Bonchev–Trinajstić information content (AvgIpc) is 2.86. The van der Waals surface area contributed by atoms with Crippen molar-refractivity contribution in [2.24, 2.45) is 4.99 Å². The van der Waals surface area contributed by atoms with E-state index >= 15 is 0 Å². The molecule has 0 fully saturated rings. The number of hydrogen-bond donors (Lipinski definition) is 0. The van der Waals surface area contributed by atoms with Crippen LogP contribution in [0.1, 0.15) is 11.1 Å². The van der Waals surface area contributed by atoms with Gasteiger partial charge in [0.1, 0.15) is 6.17 Å². The van der Waals surface area contributed by atoms with Crippen LogP contribution >= 0.6 is 0 Å². The van der Waals surface area contributed by atoms with E-state index in [1.54, 1.807) is 25.6 Å². The van der Waals surface area contributed by atoms with E-state index in [1.165, 1.54) is 0 Å². The third-order valence-corrected chi connectivity index (χ3v) is 3.63. The summed E-state index contributed by atoms with van der Waals surface area (Å²) in [7, 11) is 1.62. The Bertz CT molecular complexity index is 681. The van der Waals surface area contributed by atoms with Gasteiger partial charge in [-0.05, 0) is 5.56 Å². The van der Waals surface area contributed by atoms with E-state index in [9.17, 15) is 4.79 Å². The minimum Gasteiger partial charge on any atom is -0.493 e. The molecular weight excluding hydrogens is 266 g/mol. The van der Waals surface area contributed by atoms with Gasteiger partial charge in [-0.15, -0.1) is 0 Å².